The summed E-state index contributed by atoms with van der Waals surface area (Å²) in [5.41, 5.74) is 8.40. The van der Waals surface area contributed by atoms with E-state index in [1.165, 1.54) is 11.3 Å². The maximum Gasteiger partial charge on any atom is 0.258 e. The molecule has 0 fully saturated rings. The molecule has 84 valence electrons. The summed E-state index contributed by atoms with van der Waals surface area (Å²) in [6.45, 7) is 3.98. The Labute approximate surface area is 97.7 Å². The highest BCUT2D eigenvalue weighted by Gasteiger charge is 2.14. The molecule has 5 heteroatoms. The second-order valence-electron chi connectivity index (χ2n) is 3.70. The number of aromatic nitrogens is 2. The number of primary amides is 1. The number of nitrogens with two attached hydrogens (primary N) is 1. The minimum absolute atomic E-state index is 0.379. The molecule has 16 heavy (non-hydrogen) atoms. The average Bonchev–Trinajstić information content (AvgIpc) is 2.74. The molecule has 2 aromatic heterocycles. The van der Waals surface area contributed by atoms with Gasteiger partial charge in [-0.3, -0.25) is 9.48 Å². The van der Waals surface area contributed by atoms with Crippen LogP contribution in [0.2, 0.25) is 0 Å². The van der Waals surface area contributed by atoms with Crippen LogP contribution in [0.5, 0.6) is 0 Å². The predicted molar refractivity (Wildman–Crippen MR) is 64.5 cm³/mol. The third-order valence-electron chi connectivity index (χ3n) is 2.60. The molecule has 0 aliphatic heterocycles. The van der Waals surface area contributed by atoms with Crippen LogP contribution in [0.4, 0.5) is 0 Å². The van der Waals surface area contributed by atoms with Crippen LogP contribution < -0.4 is 5.73 Å². The van der Waals surface area contributed by atoms with Gasteiger partial charge in [0, 0.05) is 23.2 Å². The lowest BCUT2D eigenvalue weighted by Crippen LogP contribution is -2.07. The minimum atomic E-state index is -0.379. The molecule has 0 aromatic carbocycles. The van der Waals surface area contributed by atoms with E-state index in [0.29, 0.717) is 4.88 Å². The molecule has 0 atom stereocenters. The van der Waals surface area contributed by atoms with Gasteiger partial charge in [-0.25, -0.2) is 0 Å². The van der Waals surface area contributed by atoms with E-state index < -0.39 is 0 Å². The Balaban J connectivity index is 2.54. The quantitative estimate of drug-likeness (QED) is 0.863. The predicted octanol–water partition coefficient (Wildman–Crippen LogP) is 1.86. The van der Waals surface area contributed by atoms with Crippen molar-refractivity contribution in [3.63, 3.8) is 0 Å². The van der Waals surface area contributed by atoms with Gasteiger partial charge >= 0.3 is 0 Å². The number of nitrogens with zero attached hydrogens (tertiary/aromatic N) is 2. The van der Waals surface area contributed by atoms with Gasteiger partial charge in [0.25, 0.3) is 5.91 Å². The number of thiophene rings is 1. The minimum Gasteiger partial charge on any atom is -0.365 e. The van der Waals surface area contributed by atoms with Crippen molar-refractivity contribution in [1.82, 2.24) is 9.78 Å². The Hall–Kier alpha value is -1.62. The Morgan fingerprint density at radius 3 is 2.56 bits per heavy atom. The van der Waals surface area contributed by atoms with Crippen LogP contribution in [0.3, 0.4) is 0 Å². The molecule has 0 aliphatic carbocycles. The summed E-state index contributed by atoms with van der Waals surface area (Å²) in [5, 5.41) is 4.35. The summed E-state index contributed by atoms with van der Waals surface area (Å²) < 4.78 is 1.84. The summed E-state index contributed by atoms with van der Waals surface area (Å²) in [5.74, 6) is -0.379. The molecule has 0 spiro atoms. The fourth-order valence-corrected chi connectivity index (χ4v) is 2.74. The summed E-state index contributed by atoms with van der Waals surface area (Å²) in [6, 6.07) is 3.68. The van der Waals surface area contributed by atoms with E-state index in [0.717, 1.165) is 21.8 Å². The Kier molecular flexibility index (Phi) is 2.55. The summed E-state index contributed by atoms with van der Waals surface area (Å²) in [6.07, 6.45) is 0. The molecule has 0 saturated carbocycles. The maximum absolute atomic E-state index is 11.0. The van der Waals surface area contributed by atoms with Gasteiger partial charge in [-0.1, -0.05) is 0 Å². The molecular weight excluding hydrogens is 222 g/mol. The van der Waals surface area contributed by atoms with Crippen molar-refractivity contribution < 1.29 is 4.79 Å². The van der Waals surface area contributed by atoms with Gasteiger partial charge in [0.05, 0.1) is 10.6 Å². The lowest BCUT2D eigenvalue weighted by molar-refractivity contribution is 0.100. The molecule has 1 amide bonds. The van der Waals surface area contributed by atoms with Gasteiger partial charge in [-0.15, -0.1) is 11.3 Å². The van der Waals surface area contributed by atoms with E-state index >= 15 is 0 Å². The van der Waals surface area contributed by atoms with Crippen molar-refractivity contribution in [2.24, 2.45) is 12.8 Å². The van der Waals surface area contributed by atoms with Crippen molar-refractivity contribution in [1.29, 1.82) is 0 Å². The Morgan fingerprint density at radius 1 is 1.44 bits per heavy atom. The first-order valence-corrected chi connectivity index (χ1v) is 5.72. The molecule has 2 aromatic rings. The van der Waals surface area contributed by atoms with E-state index in [4.69, 9.17) is 5.73 Å². The lowest BCUT2D eigenvalue weighted by Gasteiger charge is -1.97. The van der Waals surface area contributed by atoms with Crippen molar-refractivity contribution in [3.8, 4) is 10.4 Å². The van der Waals surface area contributed by atoms with E-state index in [9.17, 15) is 4.79 Å². The number of carbonyl (C=O) groups excluding carboxylic acids is 1. The molecule has 2 rings (SSSR count). The van der Waals surface area contributed by atoms with Crippen LogP contribution in [0.15, 0.2) is 12.1 Å². The van der Waals surface area contributed by atoms with Crippen molar-refractivity contribution in [2.45, 2.75) is 13.8 Å². The monoisotopic (exact) mass is 235 g/mol. The highest BCUT2D eigenvalue weighted by molar-refractivity contribution is 7.17. The maximum atomic E-state index is 11.0. The lowest BCUT2D eigenvalue weighted by atomic mass is 10.1. The molecule has 2 N–H and O–H groups in total. The molecule has 2 heterocycles. The summed E-state index contributed by atoms with van der Waals surface area (Å²) in [4.78, 5) is 12.7. The molecule has 4 nitrogen and oxygen atoms in total. The number of amides is 1. The SMILES string of the molecule is Cc1nn(C)c(C)c1-c1ccc(C(N)=O)s1. The van der Waals surface area contributed by atoms with Crippen LogP contribution in [0.25, 0.3) is 10.4 Å². The van der Waals surface area contributed by atoms with Gasteiger partial charge in [0.2, 0.25) is 0 Å². The Morgan fingerprint density at radius 2 is 2.12 bits per heavy atom. The van der Waals surface area contributed by atoms with E-state index in [2.05, 4.69) is 5.10 Å². The standard InChI is InChI=1S/C11H13N3OS/c1-6-10(7(2)14(3)13-6)8-4-5-9(16-8)11(12)15/h4-5H,1-3H3,(H2,12,15). The smallest absolute Gasteiger partial charge is 0.258 e. The third kappa shape index (κ3) is 1.63. The zero-order chi connectivity index (χ0) is 11.9. The van der Waals surface area contributed by atoms with Crippen molar-refractivity contribution in [3.05, 3.63) is 28.4 Å². The van der Waals surface area contributed by atoms with Crippen LogP contribution in [-0.2, 0) is 7.05 Å². The van der Waals surface area contributed by atoms with Gasteiger partial charge in [0.1, 0.15) is 0 Å². The van der Waals surface area contributed by atoms with Crippen LogP contribution in [0.1, 0.15) is 21.1 Å². The van der Waals surface area contributed by atoms with Crippen LogP contribution >= 0.6 is 11.3 Å². The van der Waals surface area contributed by atoms with Gasteiger partial charge in [0.15, 0.2) is 0 Å². The second-order valence-corrected chi connectivity index (χ2v) is 4.78. The summed E-state index contributed by atoms with van der Waals surface area (Å²) in [7, 11) is 1.91. The number of hydrogen-bond acceptors (Lipinski definition) is 3. The number of carbonyl (C=O) groups is 1. The fraction of sp³-hybridized carbons (Fsp3) is 0.273. The first kappa shape index (κ1) is 10.9. The highest BCUT2D eigenvalue weighted by Crippen LogP contribution is 2.32. The van der Waals surface area contributed by atoms with Crippen LogP contribution in [0, 0.1) is 13.8 Å². The molecule has 0 aliphatic rings. The second kappa shape index (κ2) is 3.75. The van der Waals surface area contributed by atoms with E-state index in [1.54, 1.807) is 6.07 Å². The first-order chi connectivity index (χ1) is 7.50. The van der Waals surface area contributed by atoms with Crippen molar-refractivity contribution >= 4 is 17.2 Å². The molecular formula is C11H13N3OS. The first-order valence-electron chi connectivity index (χ1n) is 4.91. The number of aryl methyl sites for hydroxylation is 2. The van der Waals surface area contributed by atoms with E-state index in [-0.39, 0.29) is 5.91 Å². The Bertz CT molecular complexity index is 554. The normalized spacial score (nSPS) is 10.7. The summed E-state index contributed by atoms with van der Waals surface area (Å²) >= 11 is 1.41. The van der Waals surface area contributed by atoms with Gasteiger partial charge in [-0.05, 0) is 26.0 Å². The topological polar surface area (TPSA) is 60.9 Å². The number of hydrogen-bond donors (Lipinski definition) is 1. The third-order valence-corrected chi connectivity index (χ3v) is 3.72. The average molecular weight is 235 g/mol. The van der Waals surface area contributed by atoms with Gasteiger partial charge in [-0.2, -0.15) is 5.10 Å². The van der Waals surface area contributed by atoms with Crippen molar-refractivity contribution in [2.75, 3.05) is 0 Å². The molecule has 0 unspecified atom stereocenters. The number of rotatable bonds is 2. The van der Waals surface area contributed by atoms with E-state index in [1.807, 2.05) is 31.6 Å². The zero-order valence-electron chi connectivity index (χ0n) is 9.44. The molecule has 0 bridgehead atoms. The molecule has 0 radical (unpaired) electrons. The van der Waals surface area contributed by atoms with Gasteiger partial charge < -0.3 is 5.73 Å². The highest BCUT2D eigenvalue weighted by atomic mass is 32.1. The zero-order valence-corrected chi connectivity index (χ0v) is 10.3. The largest absolute Gasteiger partial charge is 0.365 e. The fourth-order valence-electron chi connectivity index (χ4n) is 1.73. The molecule has 0 saturated heterocycles. The van der Waals surface area contributed by atoms with Crippen LogP contribution in [-0.4, -0.2) is 15.7 Å².